The minimum atomic E-state index is 0.877. The van der Waals surface area contributed by atoms with Crippen molar-refractivity contribution < 1.29 is 0 Å². The number of H-pyrrole nitrogens is 1. The van der Waals surface area contributed by atoms with Gasteiger partial charge in [-0.1, -0.05) is 0 Å². The molecule has 5 nitrogen and oxygen atoms in total. The van der Waals surface area contributed by atoms with Gasteiger partial charge in [0.1, 0.15) is 17.8 Å². The fourth-order valence-corrected chi connectivity index (χ4v) is 1.61. The molecule has 1 aliphatic rings. The van der Waals surface area contributed by atoms with Crippen LogP contribution in [0.15, 0.2) is 12.5 Å². The monoisotopic (exact) mass is 175 g/mol. The first-order valence-corrected chi connectivity index (χ1v) is 4.25. The third-order valence-corrected chi connectivity index (χ3v) is 2.20. The Hall–Kier alpha value is -1.78. The van der Waals surface area contributed by atoms with Crippen LogP contribution in [0.1, 0.15) is 0 Å². The lowest BCUT2D eigenvalue weighted by Gasteiger charge is -2.00. The van der Waals surface area contributed by atoms with E-state index in [2.05, 4.69) is 25.6 Å². The molecule has 0 aromatic carbocycles. The van der Waals surface area contributed by atoms with E-state index in [1.165, 1.54) is 0 Å². The van der Waals surface area contributed by atoms with Crippen LogP contribution in [0, 0.1) is 0 Å². The fraction of sp³-hybridized carbons (Fsp3) is 0.250. The van der Waals surface area contributed by atoms with Crippen LogP contribution in [0.2, 0.25) is 0 Å². The molecule has 0 fully saturated rings. The number of rotatable bonds is 0. The molecule has 0 unspecified atom stereocenters. The van der Waals surface area contributed by atoms with Gasteiger partial charge in [0.05, 0.1) is 11.1 Å². The summed E-state index contributed by atoms with van der Waals surface area (Å²) >= 11 is 0. The molecule has 2 aromatic heterocycles. The number of hydrogen-bond donors (Lipinski definition) is 3. The molecule has 5 heteroatoms. The van der Waals surface area contributed by atoms with Gasteiger partial charge in [-0.05, 0) is 0 Å². The molecule has 3 N–H and O–H groups in total. The van der Waals surface area contributed by atoms with E-state index in [9.17, 15) is 0 Å². The van der Waals surface area contributed by atoms with Crippen molar-refractivity contribution in [2.45, 2.75) is 0 Å². The van der Waals surface area contributed by atoms with Crippen molar-refractivity contribution in [3.05, 3.63) is 12.5 Å². The summed E-state index contributed by atoms with van der Waals surface area (Å²) in [4.78, 5) is 11.4. The molecule has 2 aromatic rings. The lowest BCUT2D eigenvalue weighted by atomic mass is 10.3. The van der Waals surface area contributed by atoms with Crippen LogP contribution < -0.4 is 10.6 Å². The third-order valence-electron chi connectivity index (χ3n) is 2.20. The van der Waals surface area contributed by atoms with Crippen LogP contribution in [-0.2, 0) is 0 Å². The van der Waals surface area contributed by atoms with E-state index in [4.69, 9.17) is 0 Å². The van der Waals surface area contributed by atoms with Crippen molar-refractivity contribution in [1.82, 2.24) is 15.0 Å². The van der Waals surface area contributed by atoms with Gasteiger partial charge in [-0.25, -0.2) is 9.97 Å². The standard InChI is InChI=1S/C8H9N5/c1-2-10-7-6-5(9-1)3-11-8(6)13-4-12-7/h3-4,9H,1-2H2,(H2,10,11,12,13). The molecule has 66 valence electrons. The van der Waals surface area contributed by atoms with Gasteiger partial charge < -0.3 is 15.6 Å². The smallest absolute Gasteiger partial charge is 0.145 e. The van der Waals surface area contributed by atoms with Gasteiger partial charge in [-0.15, -0.1) is 0 Å². The number of nitrogens with one attached hydrogen (secondary N) is 3. The van der Waals surface area contributed by atoms with E-state index in [1.54, 1.807) is 6.33 Å². The molecule has 0 saturated heterocycles. The van der Waals surface area contributed by atoms with E-state index in [-0.39, 0.29) is 0 Å². The molecule has 1 aliphatic heterocycles. The molecule has 0 saturated carbocycles. The molecule has 0 amide bonds. The Morgan fingerprint density at radius 3 is 3.08 bits per heavy atom. The first-order chi connectivity index (χ1) is 6.45. The van der Waals surface area contributed by atoms with Crippen LogP contribution in [0.4, 0.5) is 11.5 Å². The molecule has 3 rings (SSSR count). The highest BCUT2D eigenvalue weighted by Crippen LogP contribution is 2.28. The first-order valence-electron chi connectivity index (χ1n) is 4.25. The summed E-state index contributed by atoms with van der Waals surface area (Å²) in [7, 11) is 0. The predicted octanol–water partition coefficient (Wildman–Crippen LogP) is 0.795. The van der Waals surface area contributed by atoms with Gasteiger partial charge in [-0.3, -0.25) is 0 Å². The number of hydrogen-bond acceptors (Lipinski definition) is 4. The van der Waals surface area contributed by atoms with Crippen molar-refractivity contribution in [2.24, 2.45) is 0 Å². The largest absolute Gasteiger partial charge is 0.381 e. The van der Waals surface area contributed by atoms with Crippen molar-refractivity contribution in [3.8, 4) is 0 Å². The van der Waals surface area contributed by atoms with E-state index >= 15 is 0 Å². The average Bonchev–Trinajstić information content (AvgIpc) is 2.44. The van der Waals surface area contributed by atoms with Crippen LogP contribution >= 0.6 is 0 Å². The Morgan fingerprint density at radius 2 is 2.08 bits per heavy atom. The second-order valence-corrected chi connectivity index (χ2v) is 3.00. The van der Waals surface area contributed by atoms with Crippen LogP contribution in [0.25, 0.3) is 11.0 Å². The molecule has 0 bridgehead atoms. The summed E-state index contributed by atoms with van der Waals surface area (Å²) in [5.74, 6) is 0.909. The SMILES string of the molecule is c1nc2c3c(c[nH]c3n1)NCCN2. The highest BCUT2D eigenvalue weighted by atomic mass is 15.1. The quantitative estimate of drug-likeness (QED) is 0.554. The highest BCUT2D eigenvalue weighted by molar-refractivity contribution is 5.98. The lowest BCUT2D eigenvalue weighted by Crippen LogP contribution is -2.10. The van der Waals surface area contributed by atoms with Crippen LogP contribution in [0.5, 0.6) is 0 Å². The summed E-state index contributed by atoms with van der Waals surface area (Å²) in [6, 6.07) is 0. The second-order valence-electron chi connectivity index (χ2n) is 3.00. The van der Waals surface area contributed by atoms with Crippen molar-refractivity contribution >= 4 is 22.5 Å². The molecule has 3 heterocycles. The third kappa shape index (κ3) is 0.867. The van der Waals surface area contributed by atoms with E-state index in [1.807, 2.05) is 6.20 Å². The van der Waals surface area contributed by atoms with Crippen molar-refractivity contribution in [1.29, 1.82) is 0 Å². The Morgan fingerprint density at radius 1 is 1.15 bits per heavy atom. The van der Waals surface area contributed by atoms with Gasteiger partial charge in [0.25, 0.3) is 0 Å². The maximum Gasteiger partial charge on any atom is 0.145 e. The Labute approximate surface area is 74.6 Å². The van der Waals surface area contributed by atoms with Gasteiger partial charge in [0, 0.05) is 19.3 Å². The van der Waals surface area contributed by atoms with Gasteiger partial charge in [0.15, 0.2) is 0 Å². The predicted molar refractivity (Wildman–Crippen MR) is 50.9 cm³/mol. The molecule has 0 atom stereocenters. The summed E-state index contributed by atoms with van der Waals surface area (Å²) < 4.78 is 0. The fourth-order valence-electron chi connectivity index (χ4n) is 1.61. The Balaban J connectivity index is 2.40. The molecule has 0 aliphatic carbocycles. The summed E-state index contributed by atoms with van der Waals surface area (Å²) in [6.45, 7) is 1.80. The summed E-state index contributed by atoms with van der Waals surface area (Å²) in [6.07, 6.45) is 3.49. The zero-order valence-electron chi connectivity index (χ0n) is 6.96. The Kier molecular flexibility index (Phi) is 1.21. The maximum atomic E-state index is 4.19. The van der Waals surface area contributed by atoms with Crippen molar-refractivity contribution in [3.63, 3.8) is 0 Å². The van der Waals surface area contributed by atoms with E-state index in [0.29, 0.717) is 0 Å². The zero-order valence-corrected chi connectivity index (χ0v) is 6.96. The second kappa shape index (κ2) is 2.35. The van der Waals surface area contributed by atoms with E-state index < -0.39 is 0 Å². The maximum absolute atomic E-state index is 4.19. The molecule has 0 radical (unpaired) electrons. The average molecular weight is 175 g/mol. The van der Waals surface area contributed by atoms with Gasteiger partial charge in [0.2, 0.25) is 0 Å². The highest BCUT2D eigenvalue weighted by Gasteiger charge is 2.12. The van der Waals surface area contributed by atoms with E-state index in [0.717, 1.165) is 35.6 Å². The normalized spacial score (nSPS) is 14.8. The summed E-state index contributed by atoms with van der Waals surface area (Å²) in [5, 5.41) is 7.59. The molecular formula is C8H9N5. The molecule has 13 heavy (non-hydrogen) atoms. The summed E-state index contributed by atoms with van der Waals surface area (Å²) in [5.41, 5.74) is 1.96. The minimum Gasteiger partial charge on any atom is -0.381 e. The minimum absolute atomic E-state index is 0.877. The van der Waals surface area contributed by atoms with Crippen LogP contribution in [0.3, 0.4) is 0 Å². The number of aromatic amines is 1. The molecular weight excluding hydrogens is 166 g/mol. The lowest BCUT2D eigenvalue weighted by molar-refractivity contribution is 1.07. The number of aromatic nitrogens is 3. The molecule has 0 spiro atoms. The van der Waals surface area contributed by atoms with Crippen molar-refractivity contribution in [2.75, 3.05) is 23.7 Å². The topological polar surface area (TPSA) is 65.6 Å². The van der Waals surface area contributed by atoms with Crippen LogP contribution in [-0.4, -0.2) is 28.0 Å². The zero-order chi connectivity index (χ0) is 8.67. The number of anilines is 2. The Bertz CT molecular complexity index is 447. The van der Waals surface area contributed by atoms with Gasteiger partial charge in [-0.2, -0.15) is 0 Å². The number of nitrogens with zero attached hydrogens (tertiary/aromatic N) is 2. The van der Waals surface area contributed by atoms with Gasteiger partial charge >= 0.3 is 0 Å². The first kappa shape index (κ1) is 6.71.